The molecule has 0 bridgehead atoms. The fraction of sp³-hybridized carbons (Fsp3) is 0.867. The van der Waals surface area contributed by atoms with Gasteiger partial charge in [0.25, 0.3) is 0 Å². The molecule has 1 aliphatic heterocycles. The fourth-order valence-corrected chi connectivity index (χ4v) is 3.31. The van der Waals surface area contributed by atoms with E-state index < -0.39 is 12.2 Å². The summed E-state index contributed by atoms with van der Waals surface area (Å²) in [6.45, 7) is 8.24. The van der Waals surface area contributed by atoms with E-state index >= 15 is 0 Å². The molecule has 0 amide bonds. The van der Waals surface area contributed by atoms with Crippen LogP contribution in [0.3, 0.4) is 0 Å². The number of epoxide rings is 1. The second-order valence-corrected chi connectivity index (χ2v) is 6.52. The van der Waals surface area contributed by atoms with Crippen molar-refractivity contribution in [3.63, 3.8) is 0 Å². The van der Waals surface area contributed by atoms with E-state index in [4.69, 9.17) is 4.74 Å². The second-order valence-electron chi connectivity index (χ2n) is 6.52. The Morgan fingerprint density at radius 1 is 1.39 bits per heavy atom. The van der Waals surface area contributed by atoms with Gasteiger partial charge in [0, 0.05) is 5.92 Å². The zero-order chi connectivity index (χ0) is 13.5. The van der Waals surface area contributed by atoms with Crippen LogP contribution >= 0.6 is 0 Å². The Hall–Kier alpha value is -0.380. The van der Waals surface area contributed by atoms with Crippen LogP contribution < -0.4 is 0 Å². The van der Waals surface area contributed by atoms with Gasteiger partial charge < -0.3 is 14.9 Å². The van der Waals surface area contributed by atoms with Crippen LogP contribution in [0.5, 0.6) is 0 Å². The molecule has 2 N–H and O–H groups in total. The first-order chi connectivity index (χ1) is 8.35. The van der Waals surface area contributed by atoms with Crippen LogP contribution in [0.4, 0.5) is 0 Å². The summed E-state index contributed by atoms with van der Waals surface area (Å²) < 4.78 is 5.72. The summed E-state index contributed by atoms with van der Waals surface area (Å²) in [4.78, 5) is 0. The van der Waals surface area contributed by atoms with Crippen molar-refractivity contribution in [3.8, 4) is 0 Å². The molecule has 18 heavy (non-hydrogen) atoms. The van der Waals surface area contributed by atoms with Gasteiger partial charge in [0.1, 0.15) is 6.10 Å². The van der Waals surface area contributed by atoms with Crippen LogP contribution in [0.2, 0.25) is 0 Å². The molecule has 0 spiro atoms. The van der Waals surface area contributed by atoms with Crippen molar-refractivity contribution in [1.29, 1.82) is 0 Å². The molecule has 2 aliphatic rings. The molecule has 0 aromatic heterocycles. The quantitative estimate of drug-likeness (QED) is 0.557. The molecule has 0 aromatic rings. The predicted molar refractivity (Wildman–Crippen MR) is 71.2 cm³/mol. The molecule has 0 saturated carbocycles. The second kappa shape index (κ2) is 4.95. The van der Waals surface area contributed by atoms with E-state index in [1.165, 1.54) is 5.57 Å². The molecule has 0 aromatic carbocycles. The molecule has 0 unspecified atom stereocenters. The maximum absolute atomic E-state index is 10.5. The summed E-state index contributed by atoms with van der Waals surface area (Å²) in [6, 6.07) is 0. The molecule has 1 saturated heterocycles. The summed E-state index contributed by atoms with van der Waals surface area (Å²) in [5.74, 6) is 0.133. The lowest BCUT2D eigenvalue weighted by Crippen LogP contribution is -2.41. The molecule has 0 radical (unpaired) electrons. The summed E-state index contributed by atoms with van der Waals surface area (Å²) in [5, 5.41) is 20.9. The zero-order valence-electron chi connectivity index (χ0n) is 11.9. The largest absolute Gasteiger partial charge is 0.392 e. The van der Waals surface area contributed by atoms with Crippen LogP contribution in [-0.4, -0.2) is 34.1 Å². The molecular weight excluding hydrogens is 228 g/mol. The Morgan fingerprint density at radius 2 is 2.06 bits per heavy atom. The van der Waals surface area contributed by atoms with Crippen molar-refractivity contribution in [1.82, 2.24) is 0 Å². The molecule has 1 fully saturated rings. The van der Waals surface area contributed by atoms with Crippen LogP contribution in [0.1, 0.15) is 47.0 Å². The van der Waals surface area contributed by atoms with Gasteiger partial charge in [0.15, 0.2) is 0 Å². The normalized spacial score (nSPS) is 48.3. The van der Waals surface area contributed by atoms with Crippen molar-refractivity contribution in [2.75, 3.05) is 0 Å². The Balaban J connectivity index is 2.22. The molecule has 1 heterocycles. The van der Waals surface area contributed by atoms with Gasteiger partial charge in [-0.2, -0.15) is 0 Å². The van der Waals surface area contributed by atoms with Crippen LogP contribution in [0.25, 0.3) is 0 Å². The van der Waals surface area contributed by atoms with E-state index in [1.54, 1.807) is 0 Å². The number of aliphatic hydroxyl groups excluding tert-OH is 2. The topological polar surface area (TPSA) is 53.0 Å². The van der Waals surface area contributed by atoms with Crippen molar-refractivity contribution in [2.45, 2.75) is 70.9 Å². The number of ether oxygens (including phenoxy) is 1. The zero-order valence-corrected chi connectivity index (χ0v) is 11.9. The number of hydrogen-bond acceptors (Lipinski definition) is 3. The Labute approximate surface area is 110 Å². The van der Waals surface area contributed by atoms with Crippen molar-refractivity contribution >= 4 is 0 Å². The highest BCUT2D eigenvalue weighted by atomic mass is 16.6. The highest BCUT2D eigenvalue weighted by Crippen LogP contribution is 2.46. The lowest BCUT2D eigenvalue weighted by Gasteiger charge is -2.31. The highest BCUT2D eigenvalue weighted by Gasteiger charge is 2.58. The minimum Gasteiger partial charge on any atom is -0.392 e. The molecule has 3 nitrogen and oxygen atoms in total. The summed E-state index contributed by atoms with van der Waals surface area (Å²) in [7, 11) is 0. The SMILES string of the molecule is C/C1=C\CC[C@]2(C)O[C@H]2[C@H](O)[C@H](C(C)C)[C@@H](O)C1. The van der Waals surface area contributed by atoms with Crippen LogP contribution in [0.15, 0.2) is 11.6 Å². The average Bonchev–Trinajstić information content (AvgIpc) is 2.89. The van der Waals surface area contributed by atoms with E-state index in [1.807, 2.05) is 0 Å². The molecule has 2 rings (SSSR count). The monoisotopic (exact) mass is 254 g/mol. The van der Waals surface area contributed by atoms with E-state index in [2.05, 4.69) is 33.8 Å². The third-order valence-corrected chi connectivity index (χ3v) is 4.52. The van der Waals surface area contributed by atoms with Gasteiger partial charge in [-0.15, -0.1) is 0 Å². The van der Waals surface area contributed by atoms with Gasteiger partial charge in [-0.05, 0) is 39.0 Å². The van der Waals surface area contributed by atoms with Crippen molar-refractivity contribution < 1.29 is 14.9 Å². The first kappa shape index (κ1) is 14.0. The maximum atomic E-state index is 10.5. The van der Waals surface area contributed by atoms with Gasteiger partial charge in [0.2, 0.25) is 0 Å². The Morgan fingerprint density at radius 3 is 2.67 bits per heavy atom. The van der Waals surface area contributed by atoms with Gasteiger partial charge in [0.05, 0.1) is 17.8 Å². The van der Waals surface area contributed by atoms with E-state index in [-0.39, 0.29) is 23.5 Å². The van der Waals surface area contributed by atoms with Gasteiger partial charge in [-0.1, -0.05) is 25.5 Å². The van der Waals surface area contributed by atoms with Crippen molar-refractivity contribution in [2.24, 2.45) is 11.8 Å². The first-order valence-corrected chi connectivity index (χ1v) is 7.05. The summed E-state index contributed by atoms with van der Waals surface area (Å²) in [6.07, 6.45) is 3.62. The first-order valence-electron chi connectivity index (χ1n) is 7.05. The third-order valence-electron chi connectivity index (χ3n) is 4.52. The van der Waals surface area contributed by atoms with E-state index in [0.717, 1.165) is 12.8 Å². The van der Waals surface area contributed by atoms with Crippen LogP contribution in [-0.2, 0) is 4.74 Å². The standard InChI is InChI=1S/C15H26O3/c1-9(2)12-11(16)8-10(3)6-5-7-15(4)14(18-15)13(12)17/h6,9,11-14,16-17H,5,7-8H2,1-4H3/b10-6+/t11-,12+,13+,14-,15-/m0/s1. The third kappa shape index (κ3) is 2.63. The molecule has 1 aliphatic carbocycles. The fourth-order valence-electron chi connectivity index (χ4n) is 3.31. The van der Waals surface area contributed by atoms with E-state index in [9.17, 15) is 10.2 Å². The minimum atomic E-state index is -0.559. The smallest absolute Gasteiger partial charge is 0.113 e. The lowest BCUT2D eigenvalue weighted by molar-refractivity contribution is -0.0236. The lowest BCUT2D eigenvalue weighted by atomic mass is 9.78. The van der Waals surface area contributed by atoms with Crippen LogP contribution in [0, 0.1) is 11.8 Å². The number of rotatable bonds is 1. The van der Waals surface area contributed by atoms with Gasteiger partial charge in [-0.3, -0.25) is 0 Å². The maximum Gasteiger partial charge on any atom is 0.113 e. The highest BCUT2D eigenvalue weighted by molar-refractivity contribution is 5.10. The number of allylic oxidation sites excluding steroid dienone is 1. The molecule has 5 atom stereocenters. The number of aliphatic hydroxyl groups is 2. The molecule has 3 heteroatoms. The Bertz CT molecular complexity index is 337. The van der Waals surface area contributed by atoms with Crippen molar-refractivity contribution in [3.05, 3.63) is 11.6 Å². The molecule has 104 valence electrons. The summed E-state index contributed by atoms with van der Waals surface area (Å²) >= 11 is 0. The Kier molecular flexibility index (Phi) is 3.86. The summed E-state index contributed by atoms with van der Waals surface area (Å²) in [5.41, 5.74) is 1.02. The van der Waals surface area contributed by atoms with Gasteiger partial charge in [-0.25, -0.2) is 0 Å². The minimum absolute atomic E-state index is 0.105. The number of fused-ring (bicyclic) bond motifs is 1. The predicted octanol–water partition coefficient (Wildman–Crippen LogP) is 2.27. The van der Waals surface area contributed by atoms with E-state index in [0.29, 0.717) is 6.42 Å². The average molecular weight is 254 g/mol. The number of hydrogen-bond donors (Lipinski definition) is 2. The van der Waals surface area contributed by atoms with Gasteiger partial charge >= 0.3 is 0 Å². The molecular formula is C15H26O3.